The van der Waals surface area contributed by atoms with E-state index in [0.717, 1.165) is 10.2 Å². The second kappa shape index (κ2) is 7.48. The Labute approximate surface area is 143 Å². The fourth-order valence-corrected chi connectivity index (χ4v) is 2.27. The summed E-state index contributed by atoms with van der Waals surface area (Å²) < 4.78 is 14.9. The van der Waals surface area contributed by atoms with E-state index in [2.05, 4.69) is 15.4 Å². The van der Waals surface area contributed by atoms with Gasteiger partial charge in [-0.3, -0.25) is 14.6 Å². The van der Waals surface area contributed by atoms with Crippen LogP contribution in [-0.2, 0) is 17.9 Å². The predicted octanol–water partition coefficient (Wildman–Crippen LogP) is 1.76. The first-order valence-corrected chi connectivity index (χ1v) is 7.62. The van der Waals surface area contributed by atoms with E-state index in [4.69, 9.17) is 0 Å². The molecule has 0 unspecified atom stereocenters. The molecule has 0 saturated heterocycles. The van der Waals surface area contributed by atoms with Crippen LogP contribution < -0.4 is 10.9 Å². The van der Waals surface area contributed by atoms with E-state index in [0.29, 0.717) is 12.2 Å². The van der Waals surface area contributed by atoms with Gasteiger partial charge in [-0.25, -0.2) is 9.07 Å². The first-order chi connectivity index (χ1) is 12.1. The summed E-state index contributed by atoms with van der Waals surface area (Å²) in [6.07, 6.45) is 3.26. The maximum atomic E-state index is 13.9. The average Bonchev–Trinajstić information content (AvgIpc) is 2.63. The molecule has 2 heterocycles. The van der Waals surface area contributed by atoms with Crippen molar-refractivity contribution in [2.45, 2.75) is 13.1 Å². The fourth-order valence-electron chi connectivity index (χ4n) is 2.27. The summed E-state index contributed by atoms with van der Waals surface area (Å²) in [7, 11) is 0. The molecule has 0 spiro atoms. The first-order valence-electron chi connectivity index (χ1n) is 7.62. The molecule has 3 aromatic rings. The number of rotatable bonds is 5. The highest BCUT2D eigenvalue weighted by Gasteiger charge is 2.10. The lowest BCUT2D eigenvalue weighted by Crippen LogP contribution is -2.33. The Kier molecular flexibility index (Phi) is 4.94. The Bertz CT molecular complexity index is 941. The SMILES string of the molecule is O=C(Cn1nc(-c2ccccc2F)ccc1=O)NCc1ccncc1. The molecule has 25 heavy (non-hydrogen) atoms. The van der Waals surface area contributed by atoms with E-state index in [1.54, 1.807) is 42.7 Å². The molecule has 0 aliphatic heterocycles. The van der Waals surface area contributed by atoms with E-state index in [1.165, 1.54) is 18.2 Å². The number of benzene rings is 1. The molecular formula is C18H15FN4O2. The summed E-state index contributed by atoms with van der Waals surface area (Å²) in [5, 5.41) is 6.80. The van der Waals surface area contributed by atoms with Gasteiger partial charge < -0.3 is 5.32 Å². The zero-order valence-electron chi connectivity index (χ0n) is 13.2. The number of nitrogens with one attached hydrogen (secondary N) is 1. The summed E-state index contributed by atoms with van der Waals surface area (Å²) >= 11 is 0. The molecule has 0 aliphatic rings. The largest absolute Gasteiger partial charge is 0.350 e. The lowest BCUT2D eigenvalue weighted by Gasteiger charge is -2.08. The normalized spacial score (nSPS) is 10.4. The Hall–Kier alpha value is -3.35. The quantitative estimate of drug-likeness (QED) is 0.769. The minimum absolute atomic E-state index is 0.244. The second-order valence-corrected chi connectivity index (χ2v) is 5.33. The number of pyridine rings is 1. The topological polar surface area (TPSA) is 76.9 Å². The third kappa shape index (κ3) is 4.14. The molecule has 0 radical (unpaired) electrons. The van der Waals surface area contributed by atoms with Gasteiger partial charge in [0, 0.05) is 30.6 Å². The predicted molar refractivity (Wildman–Crippen MR) is 90.0 cm³/mol. The van der Waals surface area contributed by atoms with Crippen LogP contribution in [0.4, 0.5) is 4.39 Å². The first kappa shape index (κ1) is 16.5. The minimum Gasteiger partial charge on any atom is -0.350 e. The van der Waals surface area contributed by atoms with Crippen molar-refractivity contribution in [3.63, 3.8) is 0 Å². The van der Waals surface area contributed by atoms with E-state index < -0.39 is 11.4 Å². The summed E-state index contributed by atoms with van der Waals surface area (Å²) in [5.74, 6) is -0.806. The molecule has 0 saturated carbocycles. The third-order valence-electron chi connectivity index (χ3n) is 3.55. The molecule has 0 bridgehead atoms. The molecule has 2 aromatic heterocycles. The van der Waals surface area contributed by atoms with Crippen molar-refractivity contribution in [2.24, 2.45) is 0 Å². The number of amides is 1. The lowest BCUT2D eigenvalue weighted by atomic mass is 10.1. The minimum atomic E-state index is -0.442. The van der Waals surface area contributed by atoms with E-state index in [-0.39, 0.29) is 18.0 Å². The standard InChI is InChI=1S/C18H15FN4O2/c19-15-4-2-1-3-14(15)16-5-6-18(25)23(22-16)12-17(24)21-11-13-7-9-20-10-8-13/h1-10H,11-12H2,(H,21,24). The second-order valence-electron chi connectivity index (χ2n) is 5.33. The van der Waals surface area contributed by atoms with Gasteiger partial charge in [0.15, 0.2) is 0 Å². The van der Waals surface area contributed by atoms with Crippen LogP contribution in [0.25, 0.3) is 11.3 Å². The van der Waals surface area contributed by atoms with E-state index in [9.17, 15) is 14.0 Å². The lowest BCUT2D eigenvalue weighted by molar-refractivity contribution is -0.122. The zero-order chi connectivity index (χ0) is 17.6. The molecule has 6 nitrogen and oxygen atoms in total. The Morgan fingerprint density at radius 1 is 1.08 bits per heavy atom. The van der Waals surface area contributed by atoms with Crippen molar-refractivity contribution in [2.75, 3.05) is 0 Å². The number of halogens is 1. The fraction of sp³-hybridized carbons (Fsp3) is 0.111. The van der Waals surface area contributed by atoms with Gasteiger partial charge in [-0.15, -0.1) is 0 Å². The molecule has 7 heteroatoms. The molecule has 1 aromatic carbocycles. The molecule has 126 valence electrons. The van der Waals surface area contributed by atoms with Gasteiger partial charge in [-0.2, -0.15) is 5.10 Å². The highest BCUT2D eigenvalue weighted by molar-refractivity contribution is 5.75. The van der Waals surface area contributed by atoms with Gasteiger partial charge in [-0.05, 0) is 35.9 Å². The van der Waals surface area contributed by atoms with Gasteiger partial charge in [0.2, 0.25) is 5.91 Å². The van der Waals surface area contributed by atoms with Crippen molar-refractivity contribution in [1.29, 1.82) is 0 Å². The van der Waals surface area contributed by atoms with E-state index in [1.807, 2.05) is 0 Å². The summed E-state index contributed by atoms with van der Waals surface area (Å²) in [5.41, 5.74) is 1.02. The van der Waals surface area contributed by atoms with Crippen LogP contribution in [0.3, 0.4) is 0 Å². The maximum Gasteiger partial charge on any atom is 0.267 e. The number of hydrogen-bond acceptors (Lipinski definition) is 4. The summed E-state index contributed by atoms with van der Waals surface area (Å²) in [6, 6.07) is 12.4. The number of carbonyl (C=O) groups is 1. The maximum absolute atomic E-state index is 13.9. The summed E-state index contributed by atoms with van der Waals surface area (Å²) in [6.45, 7) is 0.0787. The summed E-state index contributed by atoms with van der Waals surface area (Å²) in [4.78, 5) is 27.9. The Balaban J connectivity index is 1.74. The molecule has 1 N–H and O–H groups in total. The number of hydrogen-bond donors (Lipinski definition) is 1. The third-order valence-corrected chi connectivity index (χ3v) is 3.55. The van der Waals surface area contributed by atoms with Crippen LogP contribution in [-0.4, -0.2) is 20.7 Å². The monoisotopic (exact) mass is 338 g/mol. The van der Waals surface area contributed by atoms with Crippen molar-refractivity contribution in [3.05, 3.63) is 82.7 Å². The van der Waals surface area contributed by atoms with Crippen LogP contribution in [0.5, 0.6) is 0 Å². The van der Waals surface area contributed by atoms with Crippen LogP contribution in [0.1, 0.15) is 5.56 Å². The number of aromatic nitrogens is 3. The smallest absolute Gasteiger partial charge is 0.267 e. The highest BCUT2D eigenvalue weighted by atomic mass is 19.1. The van der Waals surface area contributed by atoms with Crippen molar-refractivity contribution < 1.29 is 9.18 Å². The van der Waals surface area contributed by atoms with Crippen LogP contribution in [0.2, 0.25) is 0 Å². The molecule has 0 fully saturated rings. The number of carbonyl (C=O) groups excluding carboxylic acids is 1. The zero-order valence-corrected chi connectivity index (χ0v) is 13.2. The van der Waals surface area contributed by atoms with E-state index >= 15 is 0 Å². The molecule has 1 amide bonds. The van der Waals surface area contributed by atoms with Crippen molar-refractivity contribution in [3.8, 4) is 11.3 Å². The van der Waals surface area contributed by atoms with Gasteiger partial charge in [0.25, 0.3) is 5.56 Å². The highest BCUT2D eigenvalue weighted by Crippen LogP contribution is 2.18. The van der Waals surface area contributed by atoms with Crippen LogP contribution in [0.15, 0.2) is 65.7 Å². The van der Waals surface area contributed by atoms with Crippen molar-refractivity contribution >= 4 is 5.91 Å². The number of nitrogens with zero attached hydrogens (tertiary/aromatic N) is 3. The average molecular weight is 338 g/mol. The Morgan fingerprint density at radius 2 is 1.84 bits per heavy atom. The molecule has 0 aliphatic carbocycles. The molecule has 3 rings (SSSR count). The van der Waals surface area contributed by atoms with Crippen LogP contribution >= 0.6 is 0 Å². The van der Waals surface area contributed by atoms with Crippen molar-refractivity contribution in [1.82, 2.24) is 20.1 Å². The van der Waals surface area contributed by atoms with Crippen LogP contribution in [0, 0.1) is 5.82 Å². The molecule has 0 atom stereocenters. The van der Waals surface area contributed by atoms with Gasteiger partial charge in [-0.1, -0.05) is 12.1 Å². The van der Waals surface area contributed by atoms with Gasteiger partial charge in [0.05, 0.1) is 5.69 Å². The molecular weight excluding hydrogens is 323 g/mol. The Morgan fingerprint density at radius 3 is 2.60 bits per heavy atom. The van der Waals surface area contributed by atoms with Gasteiger partial charge in [0.1, 0.15) is 12.4 Å². The van der Waals surface area contributed by atoms with Gasteiger partial charge >= 0.3 is 0 Å².